The van der Waals surface area contributed by atoms with E-state index in [4.69, 9.17) is 0 Å². The number of allylic oxidation sites excluding steroid dienone is 1. The molecular weight excluding hydrogens is 206 g/mol. The summed E-state index contributed by atoms with van der Waals surface area (Å²) in [7, 11) is 0. The first-order valence-electron chi connectivity index (χ1n) is 5.51. The fourth-order valence-electron chi connectivity index (χ4n) is 2.05. The topological polar surface area (TPSA) is 33.1 Å². The molecule has 82 valence electrons. The van der Waals surface area contributed by atoms with Crippen LogP contribution in [0.1, 0.15) is 31.1 Å². The van der Waals surface area contributed by atoms with Crippen LogP contribution in [-0.2, 0) is 6.42 Å². The molecule has 2 atom stereocenters. The number of hydrogen-bond acceptors (Lipinski definition) is 3. The first kappa shape index (κ1) is 10.8. The van der Waals surface area contributed by atoms with E-state index in [0.717, 1.165) is 17.7 Å². The van der Waals surface area contributed by atoms with Crippen LogP contribution < -0.4 is 0 Å². The Morgan fingerprint density at radius 2 is 2.53 bits per heavy atom. The summed E-state index contributed by atoms with van der Waals surface area (Å²) >= 11 is 1.62. The van der Waals surface area contributed by atoms with Gasteiger partial charge in [0, 0.05) is 17.5 Å². The van der Waals surface area contributed by atoms with Gasteiger partial charge >= 0.3 is 0 Å². The van der Waals surface area contributed by atoms with Gasteiger partial charge in [0.15, 0.2) is 0 Å². The van der Waals surface area contributed by atoms with Gasteiger partial charge in [0.1, 0.15) is 0 Å². The zero-order valence-corrected chi connectivity index (χ0v) is 9.83. The average Bonchev–Trinajstić information content (AvgIpc) is 2.71. The first-order valence-corrected chi connectivity index (χ1v) is 6.39. The molecule has 0 bridgehead atoms. The van der Waals surface area contributed by atoms with Crippen LogP contribution in [-0.4, -0.2) is 15.7 Å². The Bertz CT molecular complexity index is 333. The zero-order valence-electron chi connectivity index (χ0n) is 9.02. The first-order chi connectivity index (χ1) is 7.22. The summed E-state index contributed by atoms with van der Waals surface area (Å²) in [5.74, 6) is 0.659. The predicted molar refractivity (Wildman–Crippen MR) is 62.9 cm³/mol. The highest BCUT2D eigenvalue weighted by molar-refractivity contribution is 7.09. The molecule has 1 aromatic heterocycles. The summed E-state index contributed by atoms with van der Waals surface area (Å²) in [5, 5.41) is 10.3. The predicted octanol–water partition coefficient (Wildman–Crippen LogP) is 2.79. The van der Waals surface area contributed by atoms with Gasteiger partial charge in [-0.3, -0.25) is 4.98 Å². The van der Waals surface area contributed by atoms with E-state index in [1.54, 1.807) is 11.3 Å². The van der Waals surface area contributed by atoms with E-state index in [1.807, 2.05) is 17.8 Å². The molecule has 0 amide bonds. The van der Waals surface area contributed by atoms with Gasteiger partial charge in [0.2, 0.25) is 0 Å². The van der Waals surface area contributed by atoms with E-state index in [9.17, 15) is 5.11 Å². The molecule has 1 aliphatic rings. The molecule has 0 radical (unpaired) electrons. The minimum absolute atomic E-state index is 0.627. The highest BCUT2D eigenvalue weighted by Gasteiger charge is 2.28. The van der Waals surface area contributed by atoms with E-state index in [2.05, 4.69) is 18.0 Å². The van der Waals surface area contributed by atoms with Gasteiger partial charge in [-0.05, 0) is 25.2 Å². The molecule has 1 heterocycles. The Morgan fingerprint density at radius 1 is 1.67 bits per heavy atom. The molecule has 2 nitrogen and oxygen atoms in total. The molecule has 2 rings (SSSR count). The lowest BCUT2D eigenvalue weighted by Gasteiger charge is -2.30. The molecule has 2 unspecified atom stereocenters. The van der Waals surface area contributed by atoms with Gasteiger partial charge in [0.05, 0.1) is 11.1 Å². The third-order valence-electron chi connectivity index (χ3n) is 3.11. The van der Waals surface area contributed by atoms with Crippen molar-refractivity contribution in [3.8, 4) is 0 Å². The molecule has 0 aliphatic heterocycles. The second-order valence-electron chi connectivity index (χ2n) is 4.31. The van der Waals surface area contributed by atoms with Crippen LogP contribution in [0.3, 0.4) is 0 Å². The van der Waals surface area contributed by atoms with Gasteiger partial charge in [-0.15, -0.1) is 11.3 Å². The second kappa shape index (κ2) is 4.45. The lowest BCUT2D eigenvalue weighted by atomic mass is 9.82. The minimum atomic E-state index is -0.627. The lowest BCUT2D eigenvalue weighted by Crippen LogP contribution is -2.32. The lowest BCUT2D eigenvalue weighted by molar-refractivity contribution is 0.0695. The number of hydrogen-bond donors (Lipinski definition) is 1. The molecule has 0 spiro atoms. The van der Waals surface area contributed by atoms with Crippen molar-refractivity contribution >= 4 is 11.3 Å². The van der Waals surface area contributed by atoms with Gasteiger partial charge in [-0.2, -0.15) is 0 Å². The maximum absolute atomic E-state index is 10.3. The molecule has 0 fully saturated rings. The standard InChI is InChI=1S/C12H17NOS/c1-2-10-3-5-12(14,6-4-10)7-11-8-13-9-15-11/h3,5,8-10,14H,2,4,6-7H2,1H3. The minimum Gasteiger partial charge on any atom is -0.385 e. The summed E-state index contributed by atoms with van der Waals surface area (Å²) in [5.41, 5.74) is 1.19. The molecule has 15 heavy (non-hydrogen) atoms. The average molecular weight is 223 g/mol. The summed E-state index contributed by atoms with van der Waals surface area (Å²) in [4.78, 5) is 5.20. The van der Waals surface area contributed by atoms with Gasteiger partial charge < -0.3 is 5.11 Å². The maximum atomic E-state index is 10.3. The van der Waals surface area contributed by atoms with Crippen LogP contribution in [0.15, 0.2) is 23.9 Å². The Labute approximate surface area is 94.7 Å². The van der Waals surface area contributed by atoms with Gasteiger partial charge in [-0.1, -0.05) is 19.1 Å². The normalized spacial score (nSPS) is 30.7. The highest BCUT2D eigenvalue weighted by Crippen LogP contribution is 2.30. The fourth-order valence-corrected chi connectivity index (χ4v) is 2.76. The summed E-state index contributed by atoms with van der Waals surface area (Å²) in [6, 6.07) is 0. The fraction of sp³-hybridized carbons (Fsp3) is 0.583. The molecule has 3 heteroatoms. The number of thiazole rings is 1. The molecule has 1 aliphatic carbocycles. The summed E-state index contributed by atoms with van der Waals surface area (Å²) in [6.07, 6.45) is 9.87. The Hall–Kier alpha value is -0.670. The quantitative estimate of drug-likeness (QED) is 0.799. The van der Waals surface area contributed by atoms with Crippen molar-refractivity contribution in [3.63, 3.8) is 0 Å². The summed E-state index contributed by atoms with van der Waals surface area (Å²) < 4.78 is 0. The van der Waals surface area contributed by atoms with Crippen molar-refractivity contribution < 1.29 is 5.11 Å². The van der Waals surface area contributed by atoms with E-state index in [0.29, 0.717) is 12.3 Å². The van der Waals surface area contributed by atoms with Crippen LogP contribution >= 0.6 is 11.3 Å². The van der Waals surface area contributed by atoms with Crippen LogP contribution in [0.4, 0.5) is 0 Å². The largest absolute Gasteiger partial charge is 0.385 e. The van der Waals surface area contributed by atoms with Crippen molar-refractivity contribution in [2.75, 3.05) is 0 Å². The number of rotatable bonds is 3. The molecule has 1 aromatic rings. The third kappa shape index (κ3) is 2.67. The smallest absolute Gasteiger partial charge is 0.0876 e. The molecule has 0 saturated heterocycles. The Kier molecular flexibility index (Phi) is 3.22. The van der Waals surface area contributed by atoms with Crippen molar-refractivity contribution in [1.29, 1.82) is 0 Å². The van der Waals surface area contributed by atoms with E-state index < -0.39 is 5.60 Å². The SMILES string of the molecule is CCC1C=CC(O)(Cc2cncs2)CC1. The van der Waals surface area contributed by atoms with Crippen LogP contribution in [0.5, 0.6) is 0 Å². The molecule has 0 aromatic carbocycles. The van der Waals surface area contributed by atoms with E-state index in [1.165, 1.54) is 6.42 Å². The number of aliphatic hydroxyl groups is 1. The van der Waals surface area contributed by atoms with E-state index in [-0.39, 0.29) is 0 Å². The van der Waals surface area contributed by atoms with Crippen LogP contribution in [0, 0.1) is 5.92 Å². The van der Waals surface area contributed by atoms with E-state index >= 15 is 0 Å². The van der Waals surface area contributed by atoms with Crippen molar-refractivity contribution in [2.24, 2.45) is 5.92 Å². The van der Waals surface area contributed by atoms with Gasteiger partial charge in [0.25, 0.3) is 0 Å². The number of nitrogens with zero attached hydrogens (tertiary/aromatic N) is 1. The van der Waals surface area contributed by atoms with Crippen LogP contribution in [0.25, 0.3) is 0 Å². The monoisotopic (exact) mass is 223 g/mol. The Balaban J connectivity index is 2.03. The molecular formula is C12H17NOS. The van der Waals surface area contributed by atoms with Crippen LogP contribution in [0.2, 0.25) is 0 Å². The highest BCUT2D eigenvalue weighted by atomic mass is 32.1. The van der Waals surface area contributed by atoms with Crippen molar-refractivity contribution in [2.45, 2.75) is 38.2 Å². The summed E-state index contributed by atoms with van der Waals surface area (Å²) in [6.45, 7) is 2.20. The molecule has 1 N–H and O–H groups in total. The van der Waals surface area contributed by atoms with Crippen molar-refractivity contribution in [1.82, 2.24) is 4.98 Å². The Morgan fingerprint density at radius 3 is 3.07 bits per heavy atom. The third-order valence-corrected chi connectivity index (χ3v) is 3.89. The number of aromatic nitrogens is 1. The second-order valence-corrected chi connectivity index (χ2v) is 5.29. The maximum Gasteiger partial charge on any atom is 0.0876 e. The molecule has 0 saturated carbocycles. The zero-order chi connectivity index (χ0) is 10.7. The van der Waals surface area contributed by atoms with Crippen molar-refractivity contribution in [3.05, 3.63) is 28.7 Å². The van der Waals surface area contributed by atoms with Gasteiger partial charge in [-0.25, -0.2) is 0 Å².